The minimum atomic E-state index is -4.81. The maximum atomic E-state index is 12.4. The second-order valence-corrected chi connectivity index (χ2v) is 6.54. The van der Waals surface area contributed by atoms with Crippen molar-refractivity contribution in [3.63, 3.8) is 0 Å². The molecule has 0 radical (unpaired) electrons. The minimum Gasteiger partial charge on any atom is -0.355 e. The molecular weight excluding hydrogens is 329 g/mol. The molecule has 0 saturated carbocycles. The molecule has 23 heavy (non-hydrogen) atoms. The molecule has 2 heterocycles. The van der Waals surface area contributed by atoms with E-state index in [0.717, 1.165) is 10.5 Å². The molecule has 1 fully saturated rings. The van der Waals surface area contributed by atoms with Crippen LogP contribution in [0.5, 0.6) is 0 Å². The number of amides is 2. The van der Waals surface area contributed by atoms with Crippen LogP contribution in [0.25, 0.3) is 0 Å². The van der Waals surface area contributed by atoms with Crippen molar-refractivity contribution < 1.29 is 22.8 Å². The van der Waals surface area contributed by atoms with E-state index >= 15 is 0 Å². The highest BCUT2D eigenvalue weighted by atomic mass is 32.1. The molecule has 0 aromatic carbocycles. The number of halogens is 3. The van der Waals surface area contributed by atoms with Gasteiger partial charge in [-0.15, -0.1) is 0 Å². The maximum absolute atomic E-state index is 12.4. The summed E-state index contributed by atoms with van der Waals surface area (Å²) in [7, 11) is 0. The Bertz CT molecular complexity index is 537. The third kappa shape index (κ3) is 4.70. The van der Waals surface area contributed by atoms with Gasteiger partial charge in [0.15, 0.2) is 0 Å². The summed E-state index contributed by atoms with van der Waals surface area (Å²) in [6, 6.07) is 1.90. The Kier molecular flexibility index (Phi) is 5.67. The molecular formula is C15H19F3N2O2S. The Morgan fingerprint density at radius 1 is 1.39 bits per heavy atom. The zero-order valence-electron chi connectivity index (χ0n) is 12.7. The lowest BCUT2D eigenvalue weighted by Gasteiger charge is -2.32. The van der Waals surface area contributed by atoms with E-state index in [2.05, 4.69) is 5.32 Å². The largest absolute Gasteiger partial charge is 0.471 e. The van der Waals surface area contributed by atoms with Gasteiger partial charge < -0.3 is 10.2 Å². The van der Waals surface area contributed by atoms with Crippen LogP contribution in [0.3, 0.4) is 0 Å². The monoisotopic (exact) mass is 348 g/mol. The Morgan fingerprint density at radius 3 is 2.57 bits per heavy atom. The summed E-state index contributed by atoms with van der Waals surface area (Å²) in [6.07, 6.45) is -3.87. The number of likely N-dealkylation sites (tertiary alicyclic amines) is 1. The molecule has 0 spiro atoms. The molecule has 1 aliphatic heterocycles. The number of hydrogen-bond donors (Lipinski definition) is 1. The van der Waals surface area contributed by atoms with Crippen LogP contribution in [0.2, 0.25) is 0 Å². The first-order chi connectivity index (χ1) is 10.8. The van der Waals surface area contributed by atoms with E-state index in [1.807, 2.05) is 23.8 Å². The lowest BCUT2D eigenvalue weighted by atomic mass is 9.96. The van der Waals surface area contributed by atoms with Gasteiger partial charge in [-0.1, -0.05) is 0 Å². The normalized spacial score (nSPS) is 17.8. The third-order valence-corrected chi connectivity index (χ3v) is 4.85. The van der Waals surface area contributed by atoms with Gasteiger partial charge in [-0.05, 0) is 48.1 Å². The standard InChI is InChI=1S/C15H19F3N2O2S/c1-10(12-4-7-23-9-12)13(21)19-8-11-2-5-20(6-3-11)14(22)15(16,17)18/h4,7,9-11H,2-3,5-6,8H2,1H3,(H,19,21)/t10-/m0/s1. The van der Waals surface area contributed by atoms with Crippen LogP contribution in [0.1, 0.15) is 31.2 Å². The molecule has 0 unspecified atom stereocenters. The molecule has 1 N–H and O–H groups in total. The summed E-state index contributed by atoms with van der Waals surface area (Å²) < 4.78 is 37.1. The number of alkyl halides is 3. The van der Waals surface area contributed by atoms with Crippen LogP contribution in [-0.2, 0) is 9.59 Å². The SMILES string of the molecule is C[C@H](C(=O)NCC1CCN(C(=O)C(F)(F)F)CC1)c1ccsc1. The molecule has 1 aliphatic rings. The van der Waals surface area contributed by atoms with Gasteiger partial charge in [0, 0.05) is 19.6 Å². The van der Waals surface area contributed by atoms with Crippen molar-refractivity contribution in [3.8, 4) is 0 Å². The Morgan fingerprint density at radius 2 is 2.04 bits per heavy atom. The van der Waals surface area contributed by atoms with Crippen LogP contribution in [0.15, 0.2) is 16.8 Å². The van der Waals surface area contributed by atoms with Crippen LogP contribution in [0.4, 0.5) is 13.2 Å². The van der Waals surface area contributed by atoms with E-state index in [1.54, 1.807) is 0 Å². The fourth-order valence-electron chi connectivity index (χ4n) is 2.59. The van der Waals surface area contributed by atoms with Crippen molar-refractivity contribution in [1.29, 1.82) is 0 Å². The zero-order valence-corrected chi connectivity index (χ0v) is 13.5. The molecule has 8 heteroatoms. The number of nitrogens with one attached hydrogen (secondary N) is 1. The molecule has 2 rings (SSSR count). The lowest BCUT2D eigenvalue weighted by molar-refractivity contribution is -0.186. The number of piperidine rings is 1. The Hall–Kier alpha value is -1.57. The van der Waals surface area contributed by atoms with Crippen molar-refractivity contribution in [2.45, 2.75) is 31.9 Å². The third-order valence-electron chi connectivity index (χ3n) is 4.15. The van der Waals surface area contributed by atoms with E-state index in [4.69, 9.17) is 0 Å². The number of carbonyl (C=O) groups excluding carboxylic acids is 2. The van der Waals surface area contributed by atoms with Gasteiger partial charge in [0.1, 0.15) is 0 Å². The van der Waals surface area contributed by atoms with Crippen molar-refractivity contribution >= 4 is 23.2 Å². The Labute approximate surface area is 136 Å². The van der Waals surface area contributed by atoms with Gasteiger partial charge in [-0.3, -0.25) is 9.59 Å². The van der Waals surface area contributed by atoms with Gasteiger partial charge in [-0.2, -0.15) is 24.5 Å². The Balaban J connectivity index is 1.75. The number of nitrogens with zero attached hydrogens (tertiary/aromatic N) is 1. The highest BCUT2D eigenvalue weighted by Gasteiger charge is 2.43. The number of rotatable bonds is 4. The topological polar surface area (TPSA) is 49.4 Å². The van der Waals surface area contributed by atoms with Crippen LogP contribution < -0.4 is 5.32 Å². The molecule has 0 bridgehead atoms. The summed E-state index contributed by atoms with van der Waals surface area (Å²) in [6.45, 7) is 2.42. The number of carbonyl (C=O) groups is 2. The van der Waals surface area contributed by atoms with Gasteiger partial charge in [0.25, 0.3) is 0 Å². The fraction of sp³-hybridized carbons (Fsp3) is 0.600. The van der Waals surface area contributed by atoms with E-state index < -0.39 is 12.1 Å². The minimum absolute atomic E-state index is 0.0823. The second kappa shape index (κ2) is 7.33. The first-order valence-corrected chi connectivity index (χ1v) is 8.39. The predicted octanol–water partition coefficient (Wildman–Crippen LogP) is 2.77. The molecule has 1 aromatic rings. The quantitative estimate of drug-likeness (QED) is 0.910. The van der Waals surface area contributed by atoms with E-state index in [0.29, 0.717) is 19.4 Å². The molecule has 4 nitrogen and oxygen atoms in total. The molecule has 1 saturated heterocycles. The van der Waals surface area contributed by atoms with E-state index in [9.17, 15) is 22.8 Å². The average Bonchev–Trinajstić information content (AvgIpc) is 3.05. The van der Waals surface area contributed by atoms with Crippen LogP contribution >= 0.6 is 11.3 Å². The summed E-state index contributed by atoms with van der Waals surface area (Å²) in [5, 5.41) is 6.69. The second-order valence-electron chi connectivity index (χ2n) is 5.76. The van der Waals surface area contributed by atoms with E-state index in [1.165, 1.54) is 11.3 Å². The summed E-state index contributed by atoms with van der Waals surface area (Å²) in [4.78, 5) is 24.1. The average molecular weight is 348 g/mol. The van der Waals surface area contributed by atoms with Crippen LogP contribution in [-0.4, -0.2) is 42.5 Å². The number of hydrogen-bond acceptors (Lipinski definition) is 3. The smallest absolute Gasteiger partial charge is 0.355 e. The maximum Gasteiger partial charge on any atom is 0.471 e. The van der Waals surface area contributed by atoms with Crippen molar-refractivity contribution in [2.24, 2.45) is 5.92 Å². The first-order valence-electron chi connectivity index (χ1n) is 7.45. The van der Waals surface area contributed by atoms with Gasteiger partial charge >= 0.3 is 12.1 Å². The summed E-state index contributed by atoms with van der Waals surface area (Å²) >= 11 is 1.53. The fourth-order valence-corrected chi connectivity index (χ4v) is 3.34. The molecule has 128 valence electrons. The van der Waals surface area contributed by atoms with E-state index in [-0.39, 0.29) is 30.8 Å². The number of thiophene rings is 1. The van der Waals surface area contributed by atoms with Gasteiger partial charge in [-0.25, -0.2) is 0 Å². The molecule has 2 amide bonds. The van der Waals surface area contributed by atoms with Crippen molar-refractivity contribution in [1.82, 2.24) is 10.2 Å². The zero-order chi connectivity index (χ0) is 17.0. The molecule has 0 aliphatic carbocycles. The van der Waals surface area contributed by atoms with Crippen molar-refractivity contribution in [2.75, 3.05) is 19.6 Å². The van der Waals surface area contributed by atoms with Gasteiger partial charge in [0.05, 0.1) is 5.92 Å². The summed E-state index contributed by atoms with van der Waals surface area (Å²) in [5.74, 6) is -2.00. The van der Waals surface area contributed by atoms with Crippen LogP contribution in [0, 0.1) is 5.92 Å². The lowest BCUT2D eigenvalue weighted by Crippen LogP contribution is -2.46. The predicted molar refractivity (Wildman–Crippen MR) is 81.1 cm³/mol. The molecule has 1 aromatic heterocycles. The summed E-state index contributed by atoms with van der Waals surface area (Å²) in [5.41, 5.74) is 0.957. The van der Waals surface area contributed by atoms with Crippen molar-refractivity contribution in [3.05, 3.63) is 22.4 Å². The molecule has 1 atom stereocenters. The highest BCUT2D eigenvalue weighted by molar-refractivity contribution is 7.08. The first kappa shape index (κ1) is 17.8. The van der Waals surface area contributed by atoms with Gasteiger partial charge in [0.2, 0.25) is 5.91 Å². The highest BCUT2D eigenvalue weighted by Crippen LogP contribution is 2.24.